The Morgan fingerprint density at radius 2 is 2.15 bits per heavy atom. The normalized spacial score (nSPS) is 20.5. The lowest BCUT2D eigenvalue weighted by atomic mass is 9.98. The van der Waals surface area contributed by atoms with Crippen molar-refractivity contribution in [3.63, 3.8) is 0 Å². The Bertz CT molecular complexity index is 380. The maximum absolute atomic E-state index is 11.5. The number of phenols is 1. The molecule has 1 N–H and O–H groups in total. The van der Waals surface area contributed by atoms with Crippen molar-refractivity contribution in [2.24, 2.45) is 0 Å². The van der Waals surface area contributed by atoms with E-state index in [-0.39, 0.29) is 17.5 Å². The summed E-state index contributed by atoms with van der Waals surface area (Å²) in [6, 6.07) is 3.47. The molecular weight excluding hydrogens is 164 g/mol. The minimum atomic E-state index is 0.0729. The Morgan fingerprint density at radius 3 is 2.77 bits per heavy atom. The molecule has 1 atom stereocenters. The Labute approximate surface area is 77.2 Å². The highest BCUT2D eigenvalue weighted by Crippen LogP contribution is 2.39. The summed E-state index contributed by atoms with van der Waals surface area (Å²) in [4.78, 5) is 11.5. The zero-order valence-corrected chi connectivity index (χ0v) is 7.79. The van der Waals surface area contributed by atoms with Gasteiger partial charge in [0.1, 0.15) is 5.75 Å². The third-order valence-corrected chi connectivity index (χ3v) is 2.70. The highest BCUT2D eigenvalue weighted by atomic mass is 16.3. The van der Waals surface area contributed by atoms with Crippen molar-refractivity contribution in [3.05, 3.63) is 28.8 Å². The summed E-state index contributed by atoms with van der Waals surface area (Å²) in [6.07, 6.45) is 0.535. The highest BCUT2D eigenvalue weighted by Gasteiger charge is 2.30. The van der Waals surface area contributed by atoms with Gasteiger partial charge in [-0.05, 0) is 30.0 Å². The van der Waals surface area contributed by atoms with E-state index in [9.17, 15) is 9.90 Å². The standard InChI is InChI=1S/C11H12O2/c1-6-3-4-8(12)11-9(13)5-7(2)10(6)11/h3-4,7,12H,5H2,1-2H3. The molecule has 0 aromatic heterocycles. The third kappa shape index (κ3) is 1.05. The van der Waals surface area contributed by atoms with Gasteiger partial charge in [-0.1, -0.05) is 13.0 Å². The van der Waals surface area contributed by atoms with E-state index in [2.05, 4.69) is 0 Å². The Kier molecular flexibility index (Phi) is 1.65. The summed E-state index contributed by atoms with van der Waals surface area (Å²) in [7, 11) is 0. The molecule has 2 rings (SSSR count). The van der Waals surface area contributed by atoms with Crippen LogP contribution in [0.1, 0.15) is 40.7 Å². The smallest absolute Gasteiger partial charge is 0.167 e. The van der Waals surface area contributed by atoms with Crippen molar-refractivity contribution >= 4 is 5.78 Å². The number of hydrogen-bond donors (Lipinski definition) is 1. The van der Waals surface area contributed by atoms with Crippen molar-refractivity contribution in [1.29, 1.82) is 0 Å². The Balaban J connectivity index is 2.74. The van der Waals surface area contributed by atoms with Gasteiger partial charge in [0.05, 0.1) is 5.56 Å². The Morgan fingerprint density at radius 1 is 1.46 bits per heavy atom. The topological polar surface area (TPSA) is 37.3 Å². The molecule has 0 spiro atoms. The molecule has 68 valence electrons. The first-order valence-corrected chi connectivity index (χ1v) is 4.47. The predicted octanol–water partition coefficient (Wildman–Crippen LogP) is 2.39. The zero-order valence-electron chi connectivity index (χ0n) is 7.79. The fraction of sp³-hybridized carbons (Fsp3) is 0.364. The minimum Gasteiger partial charge on any atom is -0.507 e. The van der Waals surface area contributed by atoms with Crippen LogP contribution in [0.5, 0.6) is 5.75 Å². The van der Waals surface area contributed by atoms with Crippen molar-refractivity contribution in [2.45, 2.75) is 26.2 Å². The van der Waals surface area contributed by atoms with Gasteiger partial charge in [0.2, 0.25) is 0 Å². The fourth-order valence-corrected chi connectivity index (χ4v) is 2.12. The number of Topliss-reactive ketones (excluding diaryl/α,β-unsaturated/α-hetero) is 1. The van der Waals surface area contributed by atoms with Crippen molar-refractivity contribution in [3.8, 4) is 5.75 Å². The molecule has 0 radical (unpaired) electrons. The molecule has 0 amide bonds. The molecule has 0 fully saturated rings. The summed E-state index contributed by atoms with van der Waals surface area (Å²) in [5.41, 5.74) is 2.68. The number of hydrogen-bond acceptors (Lipinski definition) is 2. The molecule has 1 unspecified atom stereocenters. The number of carbonyl (C=O) groups is 1. The second kappa shape index (κ2) is 2.59. The van der Waals surface area contributed by atoms with Crippen LogP contribution in [-0.2, 0) is 0 Å². The zero-order chi connectivity index (χ0) is 9.59. The molecule has 1 aromatic rings. The van der Waals surface area contributed by atoms with Crippen LogP contribution in [0.15, 0.2) is 12.1 Å². The monoisotopic (exact) mass is 176 g/mol. The molecule has 1 aliphatic rings. The molecule has 2 nitrogen and oxygen atoms in total. The molecule has 0 bridgehead atoms. The van der Waals surface area contributed by atoms with Gasteiger partial charge in [0.25, 0.3) is 0 Å². The summed E-state index contributed by atoms with van der Waals surface area (Å²) in [5, 5.41) is 9.52. The molecule has 0 saturated heterocycles. The second-order valence-corrected chi connectivity index (χ2v) is 3.72. The summed E-state index contributed by atoms with van der Waals surface area (Å²) in [5.74, 6) is 0.466. The number of aryl methyl sites for hydroxylation is 1. The van der Waals surface area contributed by atoms with Crippen LogP contribution < -0.4 is 0 Å². The van der Waals surface area contributed by atoms with E-state index in [1.54, 1.807) is 6.07 Å². The van der Waals surface area contributed by atoms with Gasteiger partial charge in [-0.2, -0.15) is 0 Å². The molecule has 1 aromatic carbocycles. The third-order valence-electron chi connectivity index (χ3n) is 2.70. The van der Waals surface area contributed by atoms with Crippen molar-refractivity contribution in [1.82, 2.24) is 0 Å². The largest absolute Gasteiger partial charge is 0.507 e. The van der Waals surface area contributed by atoms with Crippen LogP contribution in [-0.4, -0.2) is 10.9 Å². The van der Waals surface area contributed by atoms with E-state index in [1.165, 1.54) is 0 Å². The lowest BCUT2D eigenvalue weighted by Crippen LogP contribution is -1.93. The predicted molar refractivity (Wildman–Crippen MR) is 50.2 cm³/mol. The first-order valence-electron chi connectivity index (χ1n) is 4.47. The second-order valence-electron chi connectivity index (χ2n) is 3.72. The summed E-state index contributed by atoms with van der Waals surface area (Å²) in [6.45, 7) is 4.00. The lowest BCUT2D eigenvalue weighted by Gasteiger charge is -2.07. The quantitative estimate of drug-likeness (QED) is 0.659. The minimum absolute atomic E-state index is 0.0729. The average Bonchev–Trinajstić information content (AvgIpc) is 2.36. The van der Waals surface area contributed by atoms with Crippen LogP contribution in [0, 0.1) is 6.92 Å². The van der Waals surface area contributed by atoms with Gasteiger partial charge in [0, 0.05) is 6.42 Å². The average molecular weight is 176 g/mol. The van der Waals surface area contributed by atoms with E-state index in [0.717, 1.165) is 11.1 Å². The highest BCUT2D eigenvalue weighted by molar-refractivity contribution is 6.04. The summed E-state index contributed by atoms with van der Waals surface area (Å²) < 4.78 is 0. The van der Waals surface area contributed by atoms with Crippen LogP contribution >= 0.6 is 0 Å². The number of fused-ring (bicyclic) bond motifs is 1. The van der Waals surface area contributed by atoms with Crippen LogP contribution in [0.2, 0.25) is 0 Å². The molecule has 0 aliphatic heterocycles. The molecular formula is C11H12O2. The van der Waals surface area contributed by atoms with E-state index >= 15 is 0 Å². The number of rotatable bonds is 0. The number of carbonyl (C=O) groups excluding carboxylic acids is 1. The van der Waals surface area contributed by atoms with Crippen LogP contribution in [0.25, 0.3) is 0 Å². The molecule has 0 heterocycles. The maximum atomic E-state index is 11.5. The van der Waals surface area contributed by atoms with E-state index < -0.39 is 0 Å². The van der Waals surface area contributed by atoms with Gasteiger partial charge in [-0.15, -0.1) is 0 Å². The number of phenolic OH excluding ortho intramolecular Hbond substituents is 1. The van der Waals surface area contributed by atoms with Crippen molar-refractivity contribution < 1.29 is 9.90 Å². The van der Waals surface area contributed by atoms with Gasteiger partial charge >= 0.3 is 0 Å². The number of ketones is 1. The van der Waals surface area contributed by atoms with Crippen LogP contribution in [0.4, 0.5) is 0 Å². The molecule has 1 aliphatic carbocycles. The van der Waals surface area contributed by atoms with E-state index in [4.69, 9.17) is 0 Å². The first-order chi connectivity index (χ1) is 6.11. The Hall–Kier alpha value is -1.31. The van der Waals surface area contributed by atoms with Crippen LogP contribution in [0.3, 0.4) is 0 Å². The molecule has 0 saturated carbocycles. The first kappa shape index (κ1) is 8.30. The van der Waals surface area contributed by atoms with Gasteiger partial charge in [-0.25, -0.2) is 0 Å². The van der Waals surface area contributed by atoms with Gasteiger partial charge < -0.3 is 5.11 Å². The lowest BCUT2D eigenvalue weighted by molar-refractivity contribution is 0.0988. The van der Waals surface area contributed by atoms with Crippen molar-refractivity contribution in [2.75, 3.05) is 0 Å². The fourth-order valence-electron chi connectivity index (χ4n) is 2.12. The SMILES string of the molecule is Cc1ccc(O)c2c1C(C)CC2=O. The van der Waals surface area contributed by atoms with E-state index in [1.807, 2.05) is 19.9 Å². The maximum Gasteiger partial charge on any atom is 0.167 e. The molecule has 13 heavy (non-hydrogen) atoms. The number of benzene rings is 1. The molecule has 2 heteroatoms. The number of aromatic hydroxyl groups is 1. The summed E-state index contributed by atoms with van der Waals surface area (Å²) >= 11 is 0. The van der Waals surface area contributed by atoms with E-state index in [0.29, 0.717) is 12.0 Å². The van der Waals surface area contributed by atoms with Gasteiger partial charge in [0.15, 0.2) is 5.78 Å². The van der Waals surface area contributed by atoms with Gasteiger partial charge in [-0.3, -0.25) is 4.79 Å².